The molecule has 0 radical (unpaired) electrons. The van der Waals surface area contributed by atoms with Gasteiger partial charge in [-0.1, -0.05) is 30.3 Å². The monoisotopic (exact) mass is 403 g/mol. The van der Waals surface area contributed by atoms with Crippen LogP contribution in [0.4, 0.5) is 17.1 Å². The summed E-state index contributed by atoms with van der Waals surface area (Å²) in [4.78, 5) is 29.2. The fourth-order valence-electron chi connectivity index (χ4n) is 3.81. The van der Waals surface area contributed by atoms with E-state index in [2.05, 4.69) is 10.2 Å². The number of amides is 2. The van der Waals surface area contributed by atoms with Crippen LogP contribution in [0.25, 0.3) is 0 Å². The summed E-state index contributed by atoms with van der Waals surface area (Å²) in [5.74, 6) is -0.162. The number of rotatable bonds is 5. The number of hydrogen-bond acceptors (Lipinski definition) is 4. The first-order valence-corrected chi connectivity index (χ1v) is 10.1. The number of furan rings is 1. The number of likely N-dealkylation sites (tertiary alicyclic amines) is 1. The zero-order chi connectivity index (χ0) is 20.9. The molecule has 2 amide bonds. The molecule has 0 aliphatic carbocycles. The minimum absolute atomic E-state index is 0.000628. The standard InChI is InChI=1S/C24H25N3O3/c1-26(20-7-3-2-4-8-20)22-10-6-5-9-21(22)25-23(28)18-11-14-27(15-12-18)24(29)19-13-16-30-17-19/h2-10,13,16-18H,11-12,14-15H2,1H3,(H,25,28). The topological polar surface area (TPSA) is 65.8 Å². The molecule has 1 fully saturated rings. The molecule has 3 aromatic rings. The van der Waals surface area contributed by atoms with Crippen molar-refractivity contribution in [1.29, 1.82) is 0 Å². The third-order valence-electron chi connectivity index (χ3n) is 5.59. The van der Waals surface area contributed by atoms with Gasteiger partial charge in [-0.3, -0.25) is 9.59 Å². The summed E-state index contributed by atoms with van der Waals surface area (Å²) >= 11 is 0. The first-order chi connectivity index (χ1) is 14.6. The summed E-state index contributed by atoms with van der Waals surface area (Å²) in [5, 5.41) is 3.10. The molecule has 1 N–H and O–H groups in total. The highest BCUT2D eigenvalue weighted by atomic mass is 16.3. The molecule has 1 saturated heterocycles. The Morgan fingerprint density at radius 1 is 1.00 bits per heavy atom. The highest BCUT2D eigenvalue weighted by molar-refractivity contribution is 5.97. The number of nitrogens with zero attached hydrogens (tertiary/aromatic N) is 2. The first kappa shape index (κ1) is 19.8. The molecule has 0 spiro atoms. The summed E-state index contributed by atoms with van der Waals surface area (Å²) in [6.07, 6.45) is 4.25. The van der Waals surface area contributed by atoms with Gasteiger partial charge in [-0.2, -0.15) is 0 Å². The Bertz CT molecular complexity index is 994. The van der Waals surface area contributed by atoms with E-state index in [0.29, 0.717) is 31.5 Å². The molecule has 1 aliphatic rings. The molecule has 2 aromatic carbocycles. The van der Waals surface area contributed by atoms with Gasteiger partial charge in [-0.05, 0) is 43.2 Å². The third-order valence-corrected chi connectivity index (χ3v) is 5.59. The molecule has 0 saturated carbocycles. The van der Waals surface area contributed by atoms with E-state index in [9.17, 15) is 9.59 Å². The second-order valence-corrected chi connectivity index (χ2v) is 7.48. The van der Waals surface area contributed by atoms with E-state index in [1.807, 2.05) is 61.6 Å². The molecule has 0 atom stereocenters. The highest BCUT2D eigenvalue weighted by Crippen LogP contribution is 2.31. The van der Waals surface area contributed by atoms with Crippen molar-refractivity contribution in [3.05, 3.63) is 78.8 Å². The smallest absolute Gasteiger partial charge is 0.257 e. The minimum Gasteiger partial charge on any atom is -0.472 e. The van der Waals surface area contributed by atoms with Crippen LogP contribution in [-0.2, 0) is 4.79 Å². The molecule has 1 aromatic heterocycles. The third kappa shape index (κ3) is 4.22. The Morgan fingerprint density at radius 2 is 1.70 bits per heavy atom. The Labute approximate surface area is 176 Å². The number of piperidine rings is 1. The lowest BCUT2D eigenvalue weighted by Crippen LogP contribution is -2.41. The number of carbonyl (C=O) groups is 2. The van der Waals surface area contributed by atoms with E-state index in [0.717, 1.165) is 17.1 Å². The van der Waals surface area contributed by atoms with Crippen molar-refractivity contribution in [2.75, 3.05) is 30.4 Å². The lowest BCUT2D eigenvalue weighted by molar-refractivity contribution is -0.121. The quantitative estimate of drug-likeness (QED) is 0.679. The maximum Gasteiger partial charge on any atom is 0.257 e. The van der Waals surface area contributed by atoms with E-state index >= 15 is 0 Å². The number of para-hydroxylation sites is 3. The first-order valence-electron chi connectivity index (χ1n) is 10.1. The Balaban J connectivity index is 1.40. The summed E-state index contributed by atoms with van der Waals surface area (Å²) in [6, 6.07) is 19.5. The van der Waals surface area contributed by atoms with E-state index < -0.39 is 0 Å². The summed E-state index contributed by atoms with van der Waals surface area (Å²) < 4.78 is 5.00. The molecule has 6 nitrogen and oxygen atoms in total. The molecular formula is C24H25N3O3. The summed E-state index contributed by atoms with van der Waals surface area (Å²) in [6.45, 7) is 1.13. The van der Waals surface area contributed by atoms with Crippen LogP contribution in [0.15, 0.2) is 77.6 Å². The maximum absolute atomic E-state index is 12.9. The molecule has 0 unspecified atom stereocenters. The lowest BCUT2D eigenvalue weighted by atomic mass is 9.95. The van der Waals surface area contributed by atoms with Gasteiger partial charge in [0.15, 0.2) is 0 Å². The van der Waals surface area contributed by atoms with Gasteiger partial charge in [0.25, 0.3) is 5.91 Å². The van der Waals surface area contributed by atoms with Crippen LogP contribution in [0.1, 0.15) is 23.2 Å². The second-order valence-electron chi connectivity index (χ2n) is 7.48. The zero-order valence-electron chi connectivity index (χ0n) is 17.0. The number of carbonyl (C=O) groups excluding carboxylic acids is 2. The normalized spacial score (nSPS) is 14.4. The number of nitrogens with one attached hydrogen (secondary N) is 1. The summed E-state index contributed by atoms with van der Waals surface area (Å²) in [7, 11) is 1.99. The fraction of sp³-hybridized carbons (Fsp3) is 0.250. The Morgan fingerprint density at radius 3 is 2.40 bits per heavy atom. The SMILES string of the molecule is CN(c1ccccc1)c1ccccc1NC(=O)C1CCN(C(=O)c2ccoc2)CC1. The van der Waals surface area contributed by atoms with Gasteiger partial charge in [-0.15, -0.1) is 0 Å². The van der Waals surface area contributed by atoms with Crippen molar-refractivity contribution in [3.8, 4) is 0 Å². The highest BCUT2D eigenvalue weighted by Gasteiger charge is 2.28. The van der Waals surface area contributed by atoms with Crippen molar-refractivity contribution in [2.45, 2.75) is 12.8 Å². The predicted octanol–water partition coefficient (Wildman–Crippen LogP) is 4.54. The second kappa shape index (κ2) is 8.86. The van der Waals surface area contributed by atoms with Crippen molar-refractivity contribution in [1.82, 2.24) is 4.90 Å². The van der Waals surface area contributed by atoms with Crippen LogP contribution in [0.3, 0.4) is 0 Å². The Hall–Kier alpha value is -3.54. The van der Waals surface area contributed by atoms with E-state index in [-0.39, 0.29) is 17.7 Å². The van der Waals surface area contributed by atoms with E-state index in [4.69, 9.17) is 4.42 Å². The number of anilines is 3. The van der Waals surface area contributed by atoms with Gasteiger partial charge < -0.3 is 19.5 Å². The average Bonchev–Trinajstić information content (AvgIpc) is 3.34. The fourth-order valence-corrected chi connectivity index (χ4v) is 3.81. The molecule has 4 rings (SSSR count). The molecular weight excluding hydrogens is 378 g/mol. The van der Waals surface area contributed by atoms with Crippen LogP contribution in [0.2, 0.25) is 0 Å². The van der Waals surface area contributed by atoms with Crippen LogP contribution < -0.4 is 10.2 Å². The minimum atomic E-state index is -0.117. The molecule has 0 bridgehead atoms. The summed E-state index contributed by atoms with van der Waals surface area (Å²) in [5.41, 5.74) is 3.32. The lowest BCUT2D eigenvalue weighted by Gasteiger charge is -2.31. The van der Waals surface area contributed by atoms with Crippen LogP contribution in [-0.4, -0.2) is 36.9 Å². The van der Waals surface area contributed by atoms with E-state index in [1.54, 1.807) is 11.0 Å². The van der Waals surface area contributed by atoms with Crippen molar-refractivity contribution in [3.63, 3.8) is 0 Å². The molecule has 6 heteroatoms. The van der Waals surface area contributed by atoms with Gasteiger partial charge in [0.05, 0.1) is 23.2 Å². The van der Waals surface area contributed by atoms with Gasteiger partial charge >= 0.3 is 0 Å². The van der Waals surface area contributed by atoms with Crippen molar-refractivity contribution in [2.24, 2.45) is 5.92 Å². The molecule has 154 valence electrons. The van der Waals surface area contributed by atoms with Crippen LogP contribution in [0, 0.1) is 5.92 Å². The largest absolute Gasteiger partial charge is 0.472 e. The molecule has 30 heavy (non-hydrogen) atoms. The van der Waals surface area contributed by atoms with Gasteiger partial charge in [-0.25, -0.2) is 0 Å². The maximum atomic E-state index is 12.9. The predicted molar refractivity (Wildman–Crippen MR) is 117 cm³/mol. The molecule has 2 heterocycles. The van der Waals surface area contributed by atoms with Crippen LogP contribution >= 0.6 is 0 Å². The Kier molecular flexibility index (Phi) is 5.84. The van der Waals surface area contributed by atoms with Gasteiger partial charge in [0.1, 0.15) is 6.26 Å². The van der Waals surface area contributed by atoms with Crippen molar-refractivity contribution < 1.29 is 14.0 Å². The average molecular weight is 403 g/mol. The van der Waals surface area contributed by atoms with Crippen LogP contribution in [0.5, 0.6) is 0 Å². The zero-order valence-corrected chi connectivity index (χ0v) is 17.0. The number of benzene rings is 2. The van der Waals surface area contributed by atoms with E-state index in [1.165, 1.54) is 12.5 Å². The number of hydrogen-bond donors (Lipinski definition) is 1. The van der Waals surface area contributed by atoms with Crippen molar-refractivity contribution >= 4 is 28.9 Å². The van der Waals surface area contributed by atoms with Gasteiger partial charge in [0.2, 0.25) is 5.91 Å². The van der Waals surface area contributed by atoms with Gasteiger partial charge in [0, 0.05) is 31.7 Å². The molecule has 1 aliphatic heterocycles.